The van der Waals surface area contributed by atoms with Gasteiger partial charge in [0, 0.05) is 17.4 Å². The molecule has 4 fully saturated rings. The molecule has 2 N–H and O–H groups in total. The maximum atomic E-state index is 12.3. The summed E-state index contributed by atoms with van der Waals surface area (Å²) in [5, 5.41) is 20.8. The molecular weight excluding hydrogens is 448 g/mol. The van der Waals surface area contributed by atoms with E-state index in [-0.39, 0.29) is 29.3 Å². The van der Waals surface area contributed by atoms with Crippen LogP contribution in [0.5, 0.6) is 0 Å². The van der Waals surface area contributed by atoms with Crippen molar-refractivity contribution in [3.63, 3.8) is 0 Å². The molecule has 4 rings (SSSR count). The Kier molecular flexibility index (Phi) is 8.07. The zero-order valence-corrected chi connectivity index (χ0v) is 23.1. The largest absolute Gasteiger partial charge is 0.458 e. The summed E-state index contributed by atoms with van der Waals surface area (Å²) < 4.78 is 5.84. The van der Waals surface area contributed by atoms with Crippen molar-refractivity contribution < 1.29 is 19.7 Å². The highest BCUT2D eigenvalue weighted by atomic mass is 16.6. The monoisotopic (exact) mass is 496 g/mol. The molecule has 0 spiro atoms. The van der Waals surface area contributed by atoms with E-state index in [2.05, 4.69) is 53.0 Å². The molecule has 0 bridgehead atoms. The van der Waals surface area contributed by atoms with Gasteiger partial charge in [0.1, 0.15) is 6.10 Å². The summed E-state index contributed by atoms with van der Waals surface area (Å²) in [6.45, 7) is 19.3. The highest BCUT2D eigenvalue weighted by Crippen LogP contribution is 2.60. The van der Waals surface area contributed by atoms with Crippen LogP contribution in [0.2, 0.25) is 0 Å². The molecule has 1 heterocycles. The van der Waals surface area contributed by atoms with E-state index >= 15 is 0 Å². The Morgan fingerprint density at radius 1 is 1.11 bits per heavy atom. The SMILES string of the molecule is C=C1/C(=C\C=C2/CCC[C@]3(C)[C@@H]([C@H](C)C[C@H]4OC(=O)C(=C)[C@@H]4CC(C)C)CC[C@@H]23)C[C@@H](O)[C@H](C)[C@@H]1O. The summed E-state index contributed by atoms with van der Waals surface area (Å²) in [5.41, 5.74) is 4.17. The van der Waals surface area contributed by atoms with Crippen molar-refractivity contribution in [2.45, 2.75) is 104 Å². The normalized spacial score (nSPS) is 42.3. The van der Waals surface area contributed by atoms with Crippen molar-refractivity contribution in [2.75, 3.05) is 0 Å². The Hall–Kier alpha value is -1.65. The molecular formula is C32H48O4. The minimum atomic E-state index is -0.674. The van der Waals surface area contributed by atoms with E-state index in [0.29, 0.717) is 35.7 Å². The second-order valence-electron chi connectivity index (χ2n) is 13.0. The number of esters is 1. The van der Waals surface area contributed by atoms with Gasteiger partial charge in [0.25, 0.3) is 0 Å². The number of hydrogen-bond acceptors (Lipinski definition) is 4. The molecule has 3 aliphatic carbocycles. The van der Waals surface area contributed by atoms with E-state index < -0.39 is 12.2 Å². The molecule has 1 aliphatic heterocycles. The van der Waals surface area contributed by atoms with Gasteiger partial charge in [0.05, 0.1) is 12.2 Å². The van der Waals surface area contributed by atoms with Crippen LogP contribution in [0.1, 0.15) is 86.0 Å². The number of allylic oxidation sites excluding steroid dienone is 3. The Morgan fingerprint density at radius 2 is 1.83 bits per heavy atom. The Morgan fingerprint density at radius 3 is 2.53 bits per heavy atom. The smallest absolute Gasteiger partial charge is 0.334 e. The van der Waals surface area contributed by atoms with Crippen LogP contribution in [0.25, 0.3) is 0 Å². The predicted molar refractivity (Wildman–Crippen MR) is 145 cm³/mol. The average molecular weight is 497 g/mol. The van der Waals surface area contributed by atoms with Gasteiger partial charge in [-0.1, -0.05) is 65.5 Å². The van der Waals surface area contributed by atoms with Gasteiger partial charge in [0.15, 0.2) is 0 Å². The molecule has 0 radical (unpaired) electrons. The molecule has 0 aromatic heterocycles. The minimum Gasteiger partial charge on any atom is -0.458 e. The lowest BCUT2D eigenvalue weighted by Gasteiger charge is -2.45. The van der Waals surface area contributed by atoms with Crippen LogP contribution in [0.3, 0.4) is 0 Å². The number of carbonyl (C=O) groups excluding carboxylic acids is 1. The number of aliphatic hydroxyl groups excluding tert-OH is 2. The number of ether oxygens (including phenoxy) is 1. The van der Waals surface area contributed by atoms with Gasteiger partial charge in [-0.3, -0.25) is 0 Å². The molecule has 3 saturated carbocycles. The van der Waals surface area contributed by atoms with Crippen molar-refractivity contribution in [3.8, 4) is 0 Å². The summed E-state index contributed by atoms with van der Waals surface area (Å²) in [6.07, 6.45) is 11.6. The van der Waals surface area contributed by atoms with Gasteiger partial charge in [-0.2, -0.15) is 0 Å². The van der Waals surface area contributed by atoms with Gasteiger partial charge in [-0.15, -0.1) is 0 Å². The number of fused-ring (bicyclic) bond motifs is 1. The lowest BCUT2D eigenvalue weighted by atomic mass is 9.60. The molecule has 200 valence electrons. The Bertz CT molecular complexity index is 942. The second-order valence-corrected chi connectivity index (χ2v) is 13.0. The fourth-order valence-corrected chi connectivity index (χ4v) is 8.07. The molecule has 9 atom stereocenters. The summed E-state index contributed by atoms with van der Waals surface area (Å²) >= 11 is 0. The Balaban J connectivity index is 1.48. The van der Waals surface area contributed by atoms with Crippen molar-refractivity contribution in [3.05, 3.63) is 47.6 Å². The number of carbonyl (C=O) groups is 1. The van der Waals surface area contributed by atoms with E-state index in [9.17, 15) is 15.0 Å². The van der Waals surface area contributed by atoms with E-state index in [4.69, 9.17) is 4.74 Å². The highest BCUT2D eigenvalue weighted by molar-refractivity contribution is 5.90. The lowest BCUT2D eigenvalue weighted by molar-refractivity contribution is -0.140. The van der Waals surface area contributed by atoms with Crippen LogP contribution in [0, 0.1) is 40.9 Å². The van der Waals surface area contributed by atoms with Gasteiger partial charge < -0.3 is 14.9 Å². The number of rotatable bonds is 6. The van der Waals surface area contributed by atoms with E-state index in [0.717, 1.165) is 30.4 Å². The predicted octanol–water partition coefficient (Wildman–Crippen LogP) is 6.54. The summed E-state index contributed by atoms with van der Waals surface area (Å²) in [5.74, 6) is 1.95. The van der Waals surface area contributed by atoms with Gasteiger partial charge in [-0.25, -0.2) is 4.79 Å². The number of hydrogen-bond donors (Lipinski definition) is 2. The molecule has 0 aromatic rings. The van der Waals surface area contributed by atoms with Crippen molar-refractivity contribution in [1.29, 1.82) is 0 Å². The van der Waals surface area contributed by atoms with Crippen molar-refractivity contribution >= 4 is 5.97 Å². The summed E-state index contributed by atoms with van der Waals surface area (Å²) in [4.78, 5) is 12.3. The molecule has 4 aliphatic rings. The first-order chi connectivity index (χ1) is 16.9. The van der Waals surface area contributed by atoms with Gasteiger partial charge in [0.2, 0.25) is 0 Å². The molecule has 0 aromatic carbocycles. The summed E-state index contributed by atoms with van der Waals surface area (Å²) in [6, 6.07) is 0. The van der Waals surface area contributed by atoms with Crippen LogP contribution in [0.15, 0.2) is 47.6 Å². The minimum absolute atomic E-state index is 0.0362. The van der Waals surface area contributed by atoms with Crippen LogP contribution in [-0.2, 0) is 9.53 Å². The van der Waals surface area contributed by atoms with Crippen LogP contribution >= 0.6 is 0 Å². The van der Waals surface area contributed by atoms with Gasteiger partial charge >= 0.3 is 5.97 Å². The Labute approximate surface area is 218 Å². The molecule has 4 heteroatoms. The second kappa shape index (κ2) is 10.6. The maximum absolute atomic E-state index is 12.3. The third kappa shape index (κ3) is 5.05. The molecule has 4 nitrogen and oxygen atoms in total. The maximum Gasteiger partial charge on any atom is 0.334 e. The van der Waals surface area contributed by atoms with E-state index in [1.54, 1.807) is 0 Å². The quantitative estimate of drug-likeness (QED) is 0.323. The third-order valence-electron chi connectivity index (χ3n) is 10.3. The average Bonchev–Trinajstić information content (AvgIpc) is 3.30. The van der Waals surface area contributed by atoms with Crippen molar-refractivity contribution in [1.82, 2.24) is 0 Å². The number of aliphatic hydroxyl groups is 2. The highest BCUT2D eigenvalue weighted by Gasteiger charge is 2.51. The molecule has 0 amide bonds. The third-order valence-corrected chi connectivity index (χ3v) is 10.3. The molecule has 1 saturated heterocycles. The first-order valence-corrected chi connectivity index (χ1v) is 14.3. The van der Waals surface area contributed by atoms with E-state index in [1.807, 2.05) is 6.92 Å². The summed E-state index contributed by atoms with van der Waals surface area (Å²) in [7, 11) is 0. The topological polar surface area (TPSA) is 66.8 Å². The first kappa shape index (κ1) is 27.4. The van der Waals surface area contributed by atoms with Gasteiger partial charge in [-0.05, 0) is 91.6 Å². The standard InChI is InChI=1S/C32H48O4/c1-18(2)15-25-21(5)31(35)36-29(25)16-19(3)26-12-13-27-23(9-8-14-32(26,27)7)10-11-24-17-28(33)22(6)30(34)20(24)4/h10-11,18-19,22,25-30,33-34H,4-5,8-9,12-17H2,1-3,6-7H3/b23-10+,24-11-/t19-,22+,25+,26-,27+,28-,29-,30-,32-/m1/s1. The van der Waals surface area contributed by atoms with Crippen LogP contribution in [-0.4, -0.2) is 34.5 Å². The molecule has 0 unspecified atom stereocenters. The number of cyclic esters (lactones) is 1. The van der Waals surface area contributed by atoms with Crippen molar-refractivity contribution in [2.24, 2.45) is 40.9 Å². The van der Waals surface area contributed by atoms with E-state index in [1.165, 1.54) is 31.3 Å². The first-order valence-electron chi connectivity index (χ1n) is 14.3. The van der Waals surface area contributed by atoms with Crippen LogP contribution in [0.4, 0.5) is 0 Å². The zero-order valence-electron chi connectivity index (χ0n) is 23.1. The molecule has 36 heavy (non-hydrogen) atoms. The van der Waals surface area contributed by atoms with Crippen LogP contribution < -0.4 is 0 Å². The fraction of sp³-hybridized carbons (Fsp3) is 0.719. The fourth-order valence-electron chi connectivity index (χ4n) is 8.07. The lowest BCUT2D eigenvalue weighted by Crippen LogP contribution is -2.37. The zero-order chi connectivity index (χ0) is 26.4.